The number of nitrogens with zero attached hydrogens (tertiary/aromatic N) is 2. The predicted molar refractivity (Wildman–Crippen MR) is 207 cm³/mol. The Bertz CT molecular complexity index is 3000. The van der Waals surface area contributed by atoms with Gasteiger partial charge in [-0.25, -0.2) is 4.79 Å². The molecule has 0 aliphatic rings. The maximum Gasteiger partial charge on any atom is 0.323 e. The molecule has 0 aliphatic heterocycles. The maximum absolute atomic E-state index is 13.2. The van der Waals surface area contributed by atoms with E-state index in [0.717, 1.165) is 12.1 Å². The molecular formula is C33H28N6O15S4. The number of amides is 4. The van der Waals surface area contributed by atoms with Gasteiger partial charge in [-0.05, 0) is 71.4 Å². The van der Waals surface area contributed by atoms with Crippen molar-refractivity contribution in [1.82, 2.24) is 9.13 Å². The van der Waals surface area contributed by atoms with E-state index in [4.69, 9.17) is 0 Å². The summed E-state index contributed by atoms with van der Waals surface area (Å²) in [5.41, 5.74) is 0.403. The minimum Gasteiger partial charge on any atom is -0.344 e. The van der Waals surface area contributed by atoms with Gasteiger partial charge in [-0.2, -0.15) is 33.7 Å². The molecule has 6 aromatic rings. The Hall–Kier alpha value is -6.19. The summed E-state index contributed by atoms with van der Waals surface area (Å²) in [6, 6.07) is 12.4. The van der Waals surface area contributed by atoms with Crippen LogP contribution in [0.25, 0.3) is 21.5 Å². The molecule has 0 radical (unpaired) electrons. The van der Waals surface area contributed by atoms with Gasteiger partial charge in [0.25, 0.3) is 52.3 Å². The van der Waals surface area contributed by atoms with Crippen molar-refractivity contribution in [1.29, 1.82) is 0 Å². The van der Waals surface area contributed by atoms with E-state index in [9.17, 15) is 66.3 Å². The van der Waals surface area contributed by atoms with E-state index in [1.54, 1.807) is 0 Å². The third-order valence-corrected chi connectivity index (χ3v) is 11.9. The quantitative estimate of drug-likeness (QED) is 0.0908. The molecule has 0 bridgehead atoms. The number of hydrogen-bond donors (Lipinski definition) is 8. The van der Waals surface area contributed by atoms with Crippen LogP contribution in [0.3, 0.4) is 0 Å². The monoisotopic (exact) mass is 876 g/mol. The van der Waals surface area contributed by atoms with Crippen LogP contribution in [0.5, 0.6) is 0 Å². The van der Waals surface area contributed by atoms with E-state index >= 15 is 0 Å². The molecule has 25 heteroatoms. The van der Waals surface area contributed by atoms with Crippen molar-refractivity contribution in [3.63, 3.8) is 0 Å². The van der Waals surface area contributed by atoms with Crippen molar-refractivity contribution in [3.05, 3.63) is 96.6 Å². The van der Waals surface area contributed by atoms with E-state index in [2.05, 4.69) is 21.3 Å². The normalized spacial score (nSPS) is 12.4. The molecule has 0 aliphatic carbocycles. The molecule has 4 aromatic carbocycles. The van der Waals surface area contributed by atoms with Gasteiger partial charge < -0.3 is 30.4 Å². The number of aryl methyl sites for hydroxylation is 2. The highest BCUT2D eigenvalue weighted by atomic mass is 32.2. The molecule has 4 amide bonds. The summed E-state index contributed by atoms with van der Waals surface area (Å²) in [6.45, 7) is 0. The molecule has 2 aromatic heterocycles. The maximum atomic E-state index is 13.2. The number of benzene rings is 4. The lowest BCUT2D eigenvalue weighted by atomic mass is 10.1. The summed E-state index contributed by atoms with van der Waals surface area (Å²) in [7, 11) is -16.7. The highest BCUT2D eigenvalue weighted by Crippen LogP contribution is 2.32. The van der Waals surface area contributed by atoms with Crippen LogP contribution in [-0.2, 0) is 54.6 Å². The summed E-state index contributed by atoms with van der Waals surface area (Å²) in [5, 5.41) is 9.83. The second-order valence-electron chi connectivity index (χ2n) is 12.6. The third-order valence-electron chi connectivity index (χ3n) is 8.44. The van der Waals surface area contributed by atoms with Crippen molar-refractivity contribution in [3.8, 4) is 0 Å². The zero-order chi connectivity index (χ0) is 42.7. The van der Waals surface area contributed by atoms with E-state index in [1.807, 2.05) is 0 Å². The van der Waals surface area contributed by atoms with Crippen molar-refractivity contribution in [2.24, 2.45) is 14.1 Å². The molecule has 58 heavy (non-hydrogen) atoms. The van der Waals surface area contributed by atoms with Gasteiger partial charge in [0.1, 0.15) is 21.2 Å². The lowest BCUT2D eigenvalue weighted by molar-refractivity contribution is 0.101. The molecule has 21 nitrogen and oxygen atoms in total. The lowest BCUT2D eigenvalue weighted by Gasteiger charge is -2.10. The molecule has 0 saturated heterocycles. The van der Waals surface area contributed by atoms with Gasteiger partial charge in [0.05, 0.1) is 21.2 Å². The lowest BCUT2D eigenvalue weighted by Crippen LogP contribution is -2.19. The second-order valence-corrected chi connectivity index (χ2v) is 18.2. The van der Waals surface area contributed by atoms with Crippen LogP contribution in [0.4, 0.5) is 27.5 Å². The first-order valence-electron chi connectivity index (χ1n) is 15.9. The molecular weight excluding hydrogens is 849 g/mol. The number of rotatable bonds is 10. The fourth-order valence-corrected chi connectivity index (χ4v) is 8.57. The Morgan fingerprint density at radius 1 is 0.466 bits per heavy atom. The van der Waals surface area contributed by atoms with Crippen LogP contribution in [0, 0.1) is 0 Å². The van der Waals surface area contributed by atoms with E-state index in [1.165, 1.54) is 84.2 Å². The van der Waals surface area contributed by atoms with Gasteiger partial charge in [0.15, 0.2) is 0 Å². The molecule has 304 valence electrons. The molecule has 0 atom stereocenters. The highest BCUT2D eigenvalue weighted by Gasteiger charge is 2.23. The van der Waals surface area contributed by atoms with Crippen LogP contribution in [-0.4, -0.2) is 78.9 Å². The number of carbonyl (C=O) groups excluding carboxylic acids is 3. The standard InChI is InChI=1S/C33H28N6O15S4/c1-38-15-21(11-27(38)31(40)34-19-5-3-17-7-23(55(43,44)45)13-29(25(17)9-19)57(49,50)51)36-33(42)37-22-12-28(39(2)16-22)32(41)35-20-6-4-18-8-24(56(46,47)48)14-30(26(18)10-20)58(52,53)54/h3-16H,1-2H3,(H,34,40)(H,35,41)(H2,36,37,42)(H,43,44,45)(H,46,47,48)(H,49,50,51)(H,52,53,54). The van der Waals surface area contributed by atoms with Crippen molar-refractivity contribution >= 4 is 103 Å². The zero-order valence-electron chi connectivity index (χ0n) is 29.4. The highest BCUT2D eigenvalue weighted by molar-refractivity contribution is 7.87. The molecule has 0 unspecified atom stereocenters. The number of nitrogens with one attached hydrogen (secondary N) is 4. The van der Waals surface area contributed by atoms with E-state index < -0.39 is 77.9 Å². The fraction of sp³-hybridized carbons (Fsp3) is 0.0606. The fourth-order valence-electron chi connectivity index (χ4n) is 5.88. The first kappa shape index (κ1) is 41.4. The smallest absolute Gasteiger partial charge is 0.323 e. The summed E-state index contributed by atoms with van der Waals surface area (Å²) < 4.78 is 136. The number of urea groups is 1. The molecule has 8 N–H and O–H groups in total. The van der Waals surface area contributed by atoms with Gasteiger partial charge in [0, 0.05) is 48.6 Å². The van der Waals surface area contributed by atoms with Crippen molar-refractivity contribution < 1.29 is 66.3 Å². The summed E-state index contributed by atoms with van der Waals surface area (Å²) in [4.78, 5) is 36.1. The average molecular weight is 877 g/mol. The van der Waals surface area contributed by atoms with E-state index in [0.29, 0.717) is 12.1 Å². The Kier molecular flexibility index (Phi) is 10.5. The second kappa shape index (κ2) is 14.6. The SMILES string of the molecule is Cn1cc(NC(=O)Nc2cc(C(=O)Nc3ccc4cc(S(=O)(=O)O)cc(S(=O)(=O)O)c4c3)n(C)c2)cc1C(=O)Nc1ccc2cc(S(=O)(=O)O)cc(S(=O)(=O)O)c2c1. The predicted octanol–water partition coefficient (Wildman–Crippen LogP) is 3.81. The number of aromatic nitrogens is 2. The van der Waals surface area contributed by atoms with Crippen molar-refractivity contribution in [2.75, 3.05) is 21.3 Å². The summed E-state index contributed by atoms with van der Waals surface area (Å²) in [6.07, 6.45) is 2.79. The minimum atomic E-state index is -4.99. The average Bonchev–Trinajstić information content (AvgIpc) is 3.65. The van der Waals surface area contributed by atoms with Gasteiger partial charge >= 0.3 is 6.03 Å². The van der Waals surface area contributed by atoms with Gasteiger partial charge in [-0.15, -0.1) is 0 Å². The van der Waals surface area contributed by atoms with Crippen LogP contribution < -0.4 is 21.3 Å². The van der Waals surface area contributed by atoms with Gasteiger partial charge in [-0.1, -0.05) is 12.1 Å². The number of fused-ring (bicyclic) bond motifs is 2. The van der Waals surface area contributed by atoms with Crippen molar-refractivity contribution in [2.45, 2.75) is 19.6 Å². The van der Waals surface area contributed by atoms with Crippen LogP contribution in [0.15, 0.2) is 105 Å². The molecule has 6 rings (SSSR count). The van der Waals surface area contributed by atoms with Crippen LogP contribution in [0.1, 0.15) is 21.0 Å². The van der Waals surface area contributed by atoms with Crippen LogP contribution >= 0.6 is 0 Å². The molecule has 0 saturated carbocycles. The Morgan fingerprint density at radius 3 is 1.16 bits per heavy atom. The Balaban J connectivity index is 1.14. The van der Waals surface area contributed by atoms with Gasteiger partial charge in [0.2, 0.25) is 0 Å². The van der Waals surface area contributed by atoms with E-state index in [-0.39, 0.29) is 55.7 Å². The Morgan fingerprint density at radius 2 is 0.828 bits per heavy atom. The zero-order valence-corrected chi connectivity index (χ0v) is 32.7. The minimum absolute atomic E-state index is 0.00578. The number of hydrogen-bond acceptors (Lipinski definition) is 11. The number of anilines is 4. The first-order chi connectivity index (χ1) is 26.8. The first-order valence-corrected chi connectivity index (χ1v) is 21.6. The third kappa shape index (κ3) is 8.85. The molecule has 2 heterocycles. The topological polar surface area (TPSA) is 327 Å². The number of carbonyl (C=O) groups is 3. The Labute approximate surface area is 328 Å². The molecule has 0 fully saturated rings. The van der Waals surface area contributed by atoms with Crippen LogP contribution in [0.2, 0.25) is 0 Å². The van der Waals surface area contributed by atoms with Gasteiger partial charge in [-0.3, -0.25) is 27.8 Å². The summed E-state index contributed by atoms with van der Waals surface area (Å²) in [5.74, 6) is -1.44. The summed E-state index contributed by atoms with van der Waals surface area (Å²) >= 11 is 0. The molecule has 0 spiro atoms. The largest absolute Gasteiger partial charge is 0.344 e.